The third kappa shape index (κ3) is 4.34. The second-order valence-electron chi connectivity index (χ2n) is 7.65. The smallest absolute Gasteiger partial charge is 0.414 e. The van der Waals surface area contributed by atoms with E-state index < -0.39 is 6.09 Å². The fraction of sp³-hybridized carbons (Fsp3) is 0.115. The summed E-state index contributed by atoms with van der Waals surface area (Å²) < 4.78 is 6.82. The van der Waals surface area contributed by atoms with Crippen LogP contribution in [-0.4, -0.2) is 34.9 Å². The van der Waals surface area contributed by atoms with Gasteiger partial charge in [0, 0.05) is 35.1 Å². The van der Waals surface area contributed by atoms with Crippen molar-refractivity contribution >= 4 is 17.7 Å². The molecule has 7 heteroatoms. The van der Waals surface area contributed by atoms with Crippen LogP contribution in [0.1, 0.15) is 15.9 Å². The van der Waals surface area contributed by atoms with E-state index in [0.717, 1.165) is 22.5 Å². The summed E-state index contributed by atoms with van der Waals surface area (Å²) in [6.07, 6.45) is 1.54. The molecule has 0 aliphatic carbocycles. The Morgan fingerprint density at radius 1 is 0.939 bits per heavy atom. The Morgan fingerprint density at radius 3 is 2.39 bits per heavy atom. The van der Waals surface area contributed by atoms with E-state index in [-0.39, 0.29) is 5.91 Å². The maximum Gasteiger partial charge on any atom is 0.414 e. The molecule has 2 amide bonds. The van der Waals surface area contributed by atoms with E-state index in [9.17, 15) is 9.59 Å². The van der Waals surface area contributed by atoms with E-state index in [2.05, 4.69) is 5.32 Å². The third-order valence-electron chi connectivity index (χ3n) is 5.48. The van der Waals surface area contributed by atoms with Gasteiger partial charge in [-0.15, -0.1) is 0 Å². The number of para-hydroxylation sites is 1. The van der Waals surface area contributed by atoms with E-state index >= 15 is 0 Å². The molecule has 7 nitrogen and oxygen atoms in total. The fourth-order valence-electron chi connectivity index (χ4n) is 3.81. The van der Waals surface area contributed by atoms with Crippen molar-refractivity contribution in [2.45, 2.75) is 6.54 Å². The molecule has 5 rings (SSSR count). The van der Waals surface area contributed by atoms with E-state index in [1.165, 1.54) is 4.90 Å². The lowest BCUT2D eigenvalue weighted by Gasteiger charge is -2.13. The highest BCUT2D eigenvalue weighted by Gasteiger charge is 2.24. The second-order valence-corrected chi connectivity index (χ2v) is 7.65. The van der Waals surface area contributed by atoms with Gasteiger partial charge in [-0.05, 0) is 30.3 Å². The Balaban J connectivity index is 1.38. The predicted molar refractivity (Wildman–Crippen MR) is 125 cm³/mol. The monoisotopic (exact) mass is 438 g/mol. The molecule has 1 aliphatic rings. The predicted octanol–water partition coefficient (Wildman–Crippen LogP) is 4.43. The van der Waals surface area contributed by atoms with E-state index in [1.807, 2.05) is 71.5 Å². The number of aromatic nitrogens is 2. The molecular weight excluding hydrogens is 416 g/mol. The van der Waals surface area contributed by atoms with Crippen LogP contribution in [0, 0.1) is 0 Å². The van der Waals surface area contributed by atoms with Crippen molar-refractivity contribution in [1.82, 2.24) is 15.1 Å². The van der Waals surface area contributed by atoms with E-state index in [0.29, 0.717) is 30.9 Å². The Bertz CT molecular complexity index is 1290. The lowest BCUT2D eigenvalue weighted by Crippen LogP contribution is -2.25. The summed E-state index contributed by atoms with van der Waals surface area (Å²) in [5.41, 5.74) is 4.75. The van der Waals surface area contributed by atoms with E-state index in [4.69, 9.17) is 9.84 Å². The highest BCUT2D eigenvalue weighted by atomic mass is 16.6. The van der Waals surface area contributed by atoms with Crippen molar-refractivity contribution in [2.24, 2.45) is 0 Å². The molecular formula is C26H22N4O3. The Labute approximate surface area is 191 Å². The average Bonchev–Trinajstić information content (AvgIpc) is 3.50. The number of carbonyl (C=O) groups excluding carboxylic acids is 2. The van der Waals surface area contributed by atoms with Crippen LogP contribution >= 0.6 is 0 Å². The molecule has 33 heavy (non-hydrogen) atoms. The van der Waals surface area contributed by atoms with Gasteiger partial charge >= 0.3 is 6.09 Å². The molecule has 0 saturated carbocycles. The SMILES string of the molecule is O=C(NCc1cn(-c2ccccc2)nc1-c1ccccc1)c1cccc(N2CCOC2=O)c1. The van der Waals surface area contributed by atoms with Gasteiger partial charge in [-0.1, -0.05) is 54.6 Å². The molecule has 0 unspecified atom stereocenters. The molecule has 1 aromatic heterocycles. The normalized spacial score (nSPS) is 13.1. The number of nitrogens with zero attached hydrogens (tertiary/aromatic N) is 3. The summed E-state index contributed by atoms with van der Waals surface area (Å²) in [6.45, 7) is 1.14. The zero-order valence-electron chi connectivity index (χ0n) is 17.8. The van der Waals surface area contributed by atoms with E-state index in [1.54, 1.807) is 24.3 Å². The topological polar surface area (TPSA) is 76.5 Å². The first-order valence-corrected chi connectivity index (χ1v) is 10.7. The lowest BCUT2D eigenvalue weighted by atomic mass is 10.1. The quantitative estimate of drug-likeness (QED) is 0.483. The van der Waals surface area contributed by atoms with Gasteiger partial charge in [-0.2, -0.15) is 5.10 Å². The first-order valence-electron chi connectivity index (χ1n) is 10.7. The van der Waals surface area contributed by atoms with Crippen LogP contribution < -0.4 is 10.2 Å². The third-order valence-corrected chi connectivity index (χ3v) is 5.48. The highest BCUT2D eigenvalue weighted by Crippen LogP contribution is 2.24. The van der Waals surface area contributed by atoms with Crippen molar-refractivity contribution < 1.29 is 14.3 Å². The molecule has 1 saturated heterocycles. The Hall–Kier alpha value is -4.39. The minimum atomic E-state index is -0.395. The van der Waals surface area contributed by atoms with Crippen molar-refractivity contribution in [1.29, 1.82) is 0 Å². The maximum atomic E-state index is 12.9. The zero-order valence-corrected chi connectivity index (χ0v) is 17.8. The summed E-state index contributed by atoms with van der Waals surface area (Å²) >= 11 is 0. The van der Waals surface area contributed by atoms with Gasteiger partial charge in [0.15, 0.2) is 0 Å². The van der Waals surface area contributed by atoms with Crippen molar-refractivity contribution in [3.63, 3.8) is 0 Å². The Kier molecular flexibility index (Phi) is 5.59. The van der Waals surface area contributed by atoms with Crippen LogP contribution in [0.4, 0.5) is 10.5 Å². The summed E-state index contributed by atoms with van der Waals surface area (Å²) in [6, 6.07) is 26.7. The minimum Gasteiger partial charge on any atom is -0.447 e. The molecule has 0 atom stereocenters. The second kappa shape index (κ2) is 9.00. The zero-order chi connectivity index (χ0) is 22.6. The average molecular weight is 438 g/mol. The van der Waals surface area contributed by atoms with Gasteiger partial charge in [0.2, 0.25) is 0 Å². The number of benzene rings is 3. The molecule has 3 aromatic carbocycles. The lowest BCUT2D eigenvalue weighted by molar-refractivity contribution is 0.0951. The van der Waals surface area contributed by atoms with Crippen LogP contribution in [0.2, 0.25) is 0 Å². The van der Waals surface area contributed by atoms with Gasteiger partial charge in [0.05, 0.1) is 17.9 Å². The molecule has 1 N–H and O–H groups in total. The van der Waals surface area contributed by atoms with Gasteiger partial charge in [-0.25, -0.2) is 9.48 Å². The molecule has 4 aromatic rings. The number of rotatable bonds is 6. The summed E-state index contributed by atoms with van der Waals surface area (Å²) in [7, 11) is 0. The maximum absolute atomic E-state index is 12.9. The van der Waals surface area contributed by atoms with Gasteiger partial charge in [0.1, 0.15) is 6.61 Å². The highest BCUT2D eigenvalue weighted by molar-refractivity contribution is 5.97. The van der Waals surface area contributed by atoms with Gasteiger partial charge < -0.3 is 10.1 Å². The van der Waals surface area contributed by atoms with Crippen LogP contribution in [-0.2, 0) is 11.3 Å². The number of carbonyl (C=O) groups is 2. The number of amides is 2. The molecule has 1 fully saturated rings. The first-order chi connectivity index (χ1) is 16.2. The molecule has 0 radical (unpaired) electrons. The summed E-state index contributed by atoms with van der Waals surface area (Å²) in [4.78, 5) is 26.3. The van der Waals surface area contributed by atoms with Crippen LogP contribution in [0.3, 0.4) is 0 Å². The van der Waals surface area contributed by atoms with Gasteiger partial charge in [0.25, 0.3) is 5.91 Å². The fourth-order valence-corrected chi connectivity index (χ4v) is 3.81. The van der Waals surface area contributed by atoms with Crippen molar-refractivity contribution in [3.8, 4) is 16.9 Å². The number of nitrogens with one attached hydrogen (secondary N) is 1. The van der Waals surface area contributed by atoms with Crippen LogP contribution in [0.25, 0.3) is 16.9 Å². The summed E-state index contributed by atoms with van der Waals surface area (Å²) in [5.74, 6) is -0.226. The van der Waals surface area contributed by atoms with Crippen molar-refractivity contribution in [3.05, 3.63) is 102 Å². The van der Waals surface area contributed by atoms with Crippen LogP contribution in [0.15, 0.2) is 91.1 Å². The number of hydrogen-bond acceptors (Lipinski definition) is 4. The van der Waals surface area contributed by atoms with Crippen molar-refractivity contribution in [2.75, 3.05) is 18.1 Å². The number of anilines is 1. The molecule has 1 aliphatic heterocycles. The Morgan fingerprint density at radius 2 is 1.67 bits per heavy atom. The minimum absolute atomic E-state index is 0.226. The number of hydrogen-bond donors (Lipinski definition) is 1. The number of ether oxygens (including phenoxy) is 1. The molecule has 2 heterocycles. The summed E-state index contributed by atoms with van der Waals surface area (Å²) in [5, 5.41) is 7.78. The number of cyclic esters (lactones) is 1. The molecule has 0 bridgehead atoms. The molecule has 0 spiro atoms. The first kappa shape index (κ1) is 20.5. The van der Waals surface area contributed by atoms with Crippen LogP contribution in [0.5, 0.6) is 0 Å². The molecule has 164 valence electrons. The standard InChI is InChI=1S/C26H22N4O3/c31-25(20-10-7-13-23(16-20)29-14-15-33-26(29)32)27-17-21-18-30(22-11-5-2-6-12-22)28-24(21)19-8-3-1-4-9-19/h1-13,16,18H,14-15,17H2,(H,27,31). The van der Waals surface area contributed by atoms with Gasteiger partial charge in [-0.3, -0.25) is 9.69 Å². The largest absolute Gasteiger partial charge is 0.447 e.